The van der Waals surface area contributed by atoms with Crippen LogP contribution in [0.1, 0.15) is 20.1 Å². The van der Waals surface area contributed by atoms with Crippen LogP contribution in [0.25, 0.3) is 0 Å². The lowest BCUT2D eigenvalue weighted by molar-refractivity contribution is -0.0807. The summed E-state index contributed by atoms with van der Waals surface area (Å²) in [5.74, 6) is 0.346. The lowest BCUT2D eigenvalue weighted by atomic mass is 9.87. The minimum absolute atomic E-state index is 0. The molecule has 0 spiro atoms. The molecule has 2 atom stereocenters. The summed E-state index contributed by atoms with van der Waals surface area (Å²) >= 11 is 12.0. The molecule has 0 amide bonds. The molecular weight excluding hydrogens is 366 g/mol. The summed E-state index contributed by atoms with van der Waals surface area (Å²) in [6.07, 6.45) is 2.69. The Morgan fingerprint density at radius 3 is 2.61 bits per heavy atom. The summed E-state index contributed by atoms with van der Waals surface area (Å²) in [6, 6.07) is 4.76. The Balaban J connectivity index is 0.00000264. The highest BCUT2D eigenvalue weighted by atomic mass is 35.5. The van der Waals surface area contributed by atoms with Gasteiger partial charge in [-0.05, 0) is 18.2 Å². The fraction of sp³-hybridized carbons (Fsp3) is 0.400. The molecule has 0 fully saturated rings. The molecule has 0 aliphatic rings. The van der Waals surface area contributed by atoms with Gasteiger partial charge in [0, 0.05) is 22.8 Å². The fourth-order valence-electron chi connectivity index (χ4n) is 1.87. The highest BCUT2D eigenvalue weighted by molar-refractivity contribution is 6.35. The van der Waals surface area contributed by atoms with Crippen LogP contribution in [-0.2, 0) is 0 Å². The van der Waals surface area contributed by atoms with E-state index in [9.17, 15) is 9.50 Å². The van der Waals surface area contributed by atoms with Crippen LogP contribution in [0.15, 0.2) is 36.9 Å². The van der Waals surface area contributed by atoms with Crippen molar-refractivity contribution in [2.45, 2.75) is 26.2 Å². The van der Waals surface area contributed by atoms with Crippen molar-refractivity contribution in [2.24, 2.45) is 5.41 Å². The topological polar surface area (TPSA) is 47.3 Å². The van der Waals surface area contributed by atoms with Gasteiger partial charge >= 0.3 is 0 Å². The van der Waals surface area contributed by atoms with Gasteiger partial charge in [-0.2, -0.15) is 0 Å². The normalized spacial score (nSPS) is 14.0. The molecule has 0 saturated heterocycles. The molecule has 4 nitrogen and oxygen atoms in total. The number of rotatable bonds is 6. The van der Waals surface area contributed by atoms with Gasteiger partial charge in [-0.3, -0.25) is 8.96 Å². The molecular formula is C15H18Cl3FN2O2. The maximum atomic E-state index is 13.2. The molecule has 0 aliphatic carbocycles. The first kappa shape index (κ1) is 20.0. The van der Waals surface area contributed by atoms with E-state index in [1.807, 2.05) is 0 Å². The van der Waals surface area contributed by atoms with Crippen LogP contribution >= 0.6 is 35.6 Å². The highest BCUT2D eigenvalue weighted by Gasteiger charge is 2.37. The largest absolute Gasteiger partial charge is 0.466 e. The summed E-state index contributed by atoms with van der Waals surface area (Å²) in [7, 11) is 0. The van der Waals surface area contributed by atoms with E-state index in [1.54, 1.807) is 42.9 Å². The molecule has 2 aromatic rings. The van der Waals surface area contributed by atoms with E-state index >= 15 is 0 Å². The number of ether oxygens (including phenoxy) is 1. The highest BCUT2D eigenvalue weighted by Crippen LogP contribution is 2.35. The van der Waals surface area contributed by atoms with Crippen molar-refractivity contribution in [3.8, 4) is 5.75 Å². The number of halogens is 4. The molecule has 1 aromatic heterocycles. The molecule has 1 N–H and O–H groups in total. The monoisotopic (exact) mass is 382 g/mol. The van der Waals surface area contributed by atoms with Gasteiger partial charge in [0.15, 0.2) is 0 Å². The van der Waals surface area contributed by atoms with E-state index in [0.717, 1.165) is 0 Å². The van der Waals surface area contributed by atoms with Gasteiger partial charge in [-0.25, -0.2) is 4.98 Å². The van der Waals surface area contributed by atoms with E-state index in [-0.39, 0.29) is 12.4 Å². The van der Waals surface area contributed by atoms with E-state index in [1.165, 1.54) is 12.4 Å². The molecule has 1 aromatic carbocycles. The zero-order valence-corrected chi connectivity index (χ0v) is 14.9. The molecule has 2 unspecified atom stereocenters. The van der Waals surface area contributed by atoms with Crippen LogP contribution in [0, 0.1) is 5.41 Å². The third kappa shape index (κ3) is 4.73. The van der Waals surface area contributed by atoms with E-state index < -0.39 is 24.4 Å². The number of hydrogen-bond acceptors (Lipinski definition) is 3. The number of aliphatic hydroxyl groups is 1. The summed E-state index contributed by atoms with van der Waals surface area (Å²) in [4.78, 5) is 3.94. The molecule has 128 valence electrons. The predicted octanol–water partition coefficient (Wildman–Crippen LogP) is 4.55. The number of aliphatic hydroxyl groups excluding tert-OH is 1. The average Bonchev–Trinajstić information content (AvgIpc) is 3.00. The van der Waals surface area contributed by atoms with Crippen molar-refractivity contribution >= 4 is 35.6 Å². The lowest BCUT2D eigenvalue weighted by Crippen LogP contribution is -2.41. The summed E-state index contributed by atoms with van der Waals surface area (Å²) in [5.41, 5.74) is -0.992. The van der Waals surface area contributed by atoms with Crippen LogP contribution in [0.3, 0.4) is 0 Å². The summed E-state index contributed by atoms with van der Waals surface area (Å²) in [6.45, 7) is 2.54. The number of aromatic nitrogens is 2. The second-order valence-corrected chi connectivity index (χ2v) is 6.50. The van der Waals surface area contributed by atoms with Crippen molar-refractivity contribution in [3.05, 3.63) is 47.0 Å². The Morgan fingerprint density at radius 2 is 2.09 bits per heavy atom. The van der Waals surface area contributed by atoms with Gasteiger partial charge in [0.25, 0.3) is 0 Å². The Bertz CT molecular complexity index is 623. The maximum absolute atomic E-state index is 13.2. The van der Waals surface area contributed by atoms with E-state index in [0.29, 0.717) is 15.8 Å². The van der Waals surface area contributed by atoms with Crippen molar-refractivity contribution < 1.29 is 14.2 Å². The molecule has 8 heteroatoms. The second kappa shape index (κ2) is 8.20. The van der Waals surface area contributed by atoms with Gasteiger partial charge in [-0.15, -0.1) is 12.4 Å². The van der Waals surface area contributed by atoms with Gasteiger partial charge in [0.05, 0.1) is 18.0 Å². The average molecular weight is 384 g/mol. The standard InChI is InChI=1S/C15H17Cl2FN2O2.ClH/c1-15(2,8-18)13(21)14(20-6-5-19-9-20)22-12-4-3-10(16)7-11(12)17;/h3-7,9,13-14,21H,8H2,1-2H3;1H. The van der Waals surface area contributed by atoms with Crippen molar-refractivity contribution in [3.63, 3.8) is 0 Å². The van der Waals surface area contributed by atoms with E-state index in [4.69, 9.17) is 27.9 Å². The maximum Gasteiger partial charge on any atom is 0.203 e. The van der Waals surface area contributed by atoms with Crippen LogP contribution < -0.4 is 4.74 Å². The SMILES string of the molecule is CC(C)(CF)C(O)C(Oc1ccc(Cl)cc1Cl)n1ccnc1.Cl. The van der Waals surface area contributed by atoms with Gasteiger partial charge in [0.1, 0.15) is 11.9 Å². The molecule has 0 radical (unpaired) electrons. The number of nitrogens with zero attached hydrogens (tertiary/aromatic N) is 2. The Labute approximate surface area is 150 Å². The van der Waals surface area contributed by atoms with Gasteiger partial charge in [-0.1, -0.05) is 37.0 Å². The summed E-state index contributed by atoms with van der Waals surface area (Å²) in [5, 5.41) is 11.3. The zero-order valence-electron chi connectivity index (χ0n) is 12.6. The fourth-order valence-corrected chi connectivity index (χ4v) is 2.33. The number of alkyl halides is 1. The Morgan fingerprint density at radius 1 is 1.39 bits per heavy atom. The van der Waals surface area contributed by atoms with Crippen LogP contribution in [-0.4, -0.2) is 27.4 Å². The van der Waals surface area contributed by atoms with Gasteiger partial charge in [0.2, 0.25) is 6.23 Å². The minimum Gasteiger partial charge on any atom is -0.466 e. The number of imidazole rings is 1. The van der Waals surface area contributed by atoms with Crippen LogP contribution in [0.5, 0.6) is 5.75 Å². The lowest BCUT2D eigenvalue weighted by Gasteiger charge is -2.34. The van der Waals surface area contributed by atoms with Gasteiger partial charge < -0.3 is 9.84 Å². The quantitative estimate of drug-likeness (QED) is 0.796. The predicted molar refractivity (Wildman–Crippen MR) is 91.4 cm³/mol. The minimum atomic E-state index is -1.11. The number of benzene rings is 1. The first-order valence-corrected chi connectivity index (χ1v) is 7.44. The van der Waals surface area contributed by atoms with E-state index in [2.05, 4.69) is 4.98 Å². The molecule has 0 bridgehead atoms. The number of hydrogen-bond donors (Lipinski definition) is 1. The zero-order chi connectivity index (χ0) is 16.3. The van der Waals surface area contributed by atoms with Crippen molar-refractivity contribution in [1.29, 1.82) is 0 Å². The Kier molecular flexibility index (Phi) is 7.14. The molecule has 23 heavy (non-hydrogen) atoms. The smallest absolute Gasteiger partial charge is 0.203 e. The molecule has 1 heterocycles. The first-order valence-electron chi connectivity index (χ1n) is 6.68. The first-order chi connectivity index (χ1) is 10.3. The van der Waals surface area contributed by atoms with Crippen molar-refractivity contribution in [1.82, 2.24) is 9.55 Å². The molecule has 0 saturated carbocycles. The molecule has 2 rings (SSSR count). The van der Waals surface area contributed by atoms with Crippen molar-refractivity contribution in [2.75, 3.05) is 6.67 Å². The Hall–Kier alpha value is -1.01. The van der Waals surface area contributed by atoms with Crippen LogP contribution in [0.4, 0.5) is 4.39 Å². The second-order valence-electron chi connectivity index (χ2n) is 5.66. The third-order valence-corrected chi connectivity index (χ3v) is 3.91. The summed E-state index contributed by atoms with van der Waals surface area (Å²) < 4.78 is 20.6. The van der Waals surface area contributed by atoms with Crippen LogP contribution in [0.2, 0.25) is 10.0 Å². The third-order valence-electron chi connectivity index (χ3n) is 3.38. The molecule has 0 aliphatic heterocycles.